The fourth-order valence-electron chi connectivity index (χ4n) is 2.12. The smallest absolute Gasteiger partial charge is 0.252 e. The van der Waals surface area contributed by atoms with Gasteiger partial charge in [0.1, 0.15) is 11.4 Å². The number of hydrogen-bond acceptors (Lipinski definition) is 5. The van der Waals surface area contributed by atoms with Crippen LogP contribution in [-0.2, 0) is 4.74 Å². The fraction of sp³-hybridized carbons (Fsp3) is 0.571. The number of aromatic nitrogens is 1. The van der Waals surface area contributed by atoms with Gasteiger partial charge in [0.15, 0.2) is 0 Å². The molecule has 0 saturated carbocycles. The lowest BCUT2D eigenvalue weighted by Crippen LogP contribution is -2.47. The van der Waals surface area contributed by atoms with Crippen molar-refractivity contribution in [3.63, 3.8) is 0 Å². The average Bonchev–Trinajstić information content (AvgIpc) is 2.76. The van der Waals surface area contributed by atoms with Crippen molar-refractivity contribution in [2.45, 2.75) is 25.0 Å². The van der Waals surface area contributed by atoms with Crippen LogP contribution in [-0.4, -0.2) is 54.9 Å². The summed E-state index contributed by atoms with van der Waals surface area (Å²) in [5, 5.41) is 13.0. The molecule has 1 fully saturated rings. The lowest BCUT2D eigenvalue weighted by Gasteiger charge is -2.26. The molecule has 1 aromatic heterocycles. The first kappa shape index (κ1) is 14.7. The summed E-state index contributed by atoms with van der Waals surface area (Å²) in [6.45, 7) is 2.52. The first-order valence-corrected chi connectivity index (χ1v) is 6.68. The number of nitrogens with one attached hydrogen (secondary N) is 1. The molecule has 20 heavy (non-hydrogen) atoms. The van der Waals surface area contributed by atoms with Gasteiger partial charge in [-0.1, -0.05) is 0 Å². The second-order valence-corrected chi connectivity index (χ2v) is 5.35. The van der Waals surface area contributed by atoms with Crippen molar-refractivity contribution in [2.75, 3.05) is 32.1 Å². The number of aliphatic hydroxyl groups is 1. The molecule has 2 unspecified atom stereocenters. The molecule has 0 aromatic carbocycles. The minimum Gasteiger partial charge on any atom is -0.385 e. The Hall–Kier alpha value is -1.66. The van der Waals surface area contributed by atoms with E-state index >= 15 is 0 Å². The number of pyridine rings is 1. The molecule has 2 atom stereocenters. The van der Waals surface area contributed by atoms with Crippen LogP contribution in [0.3, 0.4) is 0 Å². The third-order valence-electron chi connectivity index (χ3n) is 3.68. The molecule has 1 aliphatic heterocycles. The van der Waals surface area contributed by atoms with Gasteiger partial charge < -0.3 is 20.1 Å². The fourth-order valence-corrected chi connectivity index (χ4v) is 2.12. The predicted molar refractivity (Wildman–Crippen MR) is 75.9 cm³/mol. The van der Waals surface area contributed by atoms with Crippen LogP contribution >= 0.6 is 0 Å². The molecule has 1 aromatic rings. The first-order chi connectivity index (χ1) is 9.42. The Labute approximate surface area is 118 Å². The normalized spacial score (nSPS) is 25.5. The van der Waals surface area contributed by atoms with E-state index < -0.39 is 5.60 Å². The standard InChI is InChI=1S/C14H21N3O3/c1-10-14(19,6-7-20-10)9-16-13(18)11-4-5-12(15-8-11)17(2)3/h4-5,8,10,19H,6-7,9H2,1-3H3,(H,16,18). The molecule has 0 radical (unpaired) electrons. The minimum atomic E-state index is -0.979. The van der Waals surface area contributed by atoms with Crippen LogP contribution < -0.4 is 10.2 Å². The molecular weight excluding hydrogens is 258 g/mol. The lowest BCUT2D eigenvalue weighted by atomic mass is 9.96. The predicted octanol–water partition coefficient (Wildman–Crippen LogP) is 0.417. The van der Waals surface area contributed by atoms with E-state index in [1.54, 1.807) is 12.1 Å². The Bertz CT molecular complexity index is 475. The number of ether oxygens (including phenoxy) is 1. The molecule has 0 spiro atoms. The summed E-state index contributed by atoms with van der Waals surface area (Å²) < 4.78 is 5.33. The van der Waals surface area contributed by atoms with Crippen molar-refractivity contribution in [1.29, 1.82) is 0 Å². The van der Waals surface area contributed by atoms with Gasteiger partial charge in [0, 0.05) is 39.9 Å². The molecule has 110 valence electrons. The van der Waals surface area contributed by atoms with Crippen LogP contribution in [0.2, 0.25) is 0 Å². The molecule has 0 aliphatic carbocycles. The molecule has 0 bridgehead atoms. The second-order valence-electron chi connectivity index (χ2n) is 5.35. The highest BCUT2D eigenvalue weighted by atomic mass is 16.5. The molecule has 2 heterocycles. The number of rotatable bonds is 4. The van der Waals surface area contributed by atoms with Crippen LogP contribution in [0, 0.1) is 0 Å². The zero-order valence-corrected chi connectivity index (χ0v) is 12.1. The average molecular weight is 279 g/mol. The maximum atomic E-state index is 12.0. The largest absolute Gasteiger partial charge is 0.385 e. The summed E-state index contributed by atoms with van der Waals surface area (Å²) in [5.41, 5.74) is -0.502. The molecule has 1 amide bonds. The lowest BCUT2D eigenvalue weighted by molar-refractivity contribution is -0.0251. The van der Waals surface area contributed by atoms with Crippen molar-refractivity contribution < 1.29 is 14.6 Å². The molecule has 1 aliphatic rings. The summed E-state index contributed by atoms with van der Waals surface area (Å²) in [5.74, 6) is 0.549. The van der Waals surface area contributed by atoms with Gasteiger partial charge in [-0.05, 0) is 19.1 Å². The Balaban J connectivity index is 1.95. The highest BCUT2D eigenvalue weighted by Crippen LogP contribution is 2.24. The number of nitrogens with zero attached hydrogens (tertiary/aromatic N) is 2. The van der Waals surface area contributed by atoms with E-state index in [0.29, 0.717) is 18.6 Å². The number of anilines is 1. The highest BCUT2D eigenvalue weighted by Gasteiger charge is 2.39. The van der Waals surface area contributed by atoms with E-state index in [1.165, 1.54) is 6.20 Å². The van der Waals surface area contributed by atoms with Gasteiger partial charge in [-0.3, -0.25) is 4.79 Å². The number of hydrogen-bond donors (Lipinski definition) is 2. The third-order valence-corrected chi connectivity index (χ3v) is 3.68. The van der Waals surface area contributed by atoms with E-state index in [1.807, 2.05) is 25.9 Å². The quantitative estimate of drug-likeness (QED) is 0.835. The van der Waals surface area contributed by atoms with Crippen LogP contribution in [0.5, 0.6) is 0 Å². The Morgan fingerprint density at radius 1 is 1.60 bits per heavy atom. The molecular formula is C14H21N3O3. The molecule has 6 heteroatoms. The van der Waals surface area contributed by atoms with Crippen LogP contribution in [0.25, 0.3) is 0 Å². The minimum absolute atomic E-state index is 0.183. The Kier molecular flexibility index (Phi) is 4.25. The van der Waals surface area contributed by atoms with E-state index in [4.69, 9.17) is 4.74 Å². The van der Waals surface area contributed by atoms with Crippen molar-refractivity contribution in [2.24, 2.45) is 0 Å². The van der Waals surface area contributed by atoms with Crippen molar-refractivity contribution in [1.82, 2.24) is 10.3 Å². The number of carbonyl (C=O) groups excluding carboxylic acids is 1. The van der Waals surface area contributed by atoms with Crippen molar-refractivity contribution >= 4 is 11.7 Å². The Morgan fingerprint density at radius 2 is 2.35 bits per heavy atom. The number of carbonyl (C=O) groups is 1. The molecule has 6 nitrogen and oxygen atoms in total. The summed E-state index contributed by atoms with van der Waals surface area (Å²) in [7, 11) is 3.78. The van der Waals surface area contributed by atoms with Gasteiger partial charge in [-0.2, -0.15) is 0 Å². The van der Waals surface area contributed by atoms with E-state index in [-0.39, 0.29) is 18.6 Å². The molecule has 1 saturated heterocycles. The topological polar surface area (TPSA) is 74.7 Å². The number of amides is 1. The zero-order chi connectivity index (χ0) is 14.8. The monoisotopic (exact) mass is 279 g/mol. The summed E-state index contributed by atoms with van der Waals surface area (Å²) in [6.07, 6.45) is 1.80. The SMILES string of the molecule is CC1OCCC1(O)CNC(=O)c1ccc(N(C)C)nc1. The first-order valence-electron chi connectivity index (χ1n) is 6.68. The maximum absolute atomic E-state index is 12.0. The Morgan fingerprint density at radius 3 is 2.85 bits per heavy atom. The summed E-state index contributed by atoms with van der Waals surface area (Å²) in [6, 6.07) is 3.50. The summed E-state index contributed by atoms with van der Waals surface area (Å²) in [4.78, 5) is 18.1. The van der Waals surface area contributed by atoms with Crippen molar-refractivity contribution in [3.8, 4) is 0 Å². The zero-order valence-electron chi connectivity index (χ0n) is 12.1. The van der Waals surface area contributed by atoms with Crippen LogP contribution in [0.15, 0.2) is 18.3 Å². The van der Waals surface area contributed by atoms with Gasteiger partial charge in [-0.25, -0.2) is 4.98 Å². The van der Waals surface area contributed by atoms with E-state index in [9.17, 15) is 9.90 Å². The highest BCUT2D eigenvalue weighted by molar-refractivity contribution is 5.94. The maximum Gasteiger partial charge on any atom is 0.252 e. The third kappa shape index (κ3) is 3.08. The van der Waals surface area contributed by atoms with Gasteiger partial charge in [0.25, 0.3) is 5.91 Å². The van der Waals surface area contributed by atoms with Crippen LogP contribution in [0.4, 0.5) is 5.82 Å². The molecule has 2 rings (SSSR count). The van der Waals surface area contributed by atoms with E-state index in [0.717, 1.165) is 5.82 Å². The van der Waals surface area contributed by atoms with Gasteiger partial charge in [-0.15, -0.1) is 0 Å². The van der Waals surface area contributed by atoms with Gasteiger partial charge >= 0.3 is 0 Å². The summed E-state index contributed by atoms with van der Waals surface area (Å²) >= 11 is 0. The second kappa shape index (κ2) is 5.76. The van der Waals surface area contributed by atoms with Gasteiger partial charge in [0.05, 0.1) is 11.7 Å². The molecule has 2 N–H and O–H groups in total. The van der Waals surface area contributed by atoms with E-state index in [2.05, 4.69) is 10.3 Å². The van der Waals surface area contributed by atoms with Crippen molar-refractivity contribution in [3.05, 3.63) is 23.9 Å². The van der Waals surface area contributed by atoms with Gasteiger partial charge in [0.2, 0.25) is 0 Å². The van der Waals surface area contributed by atoms with Crippen LogP contribution in [0.1, 0.15) is 23.7 Å².